The third-order valence-corrected chi connectivity index (χ3v) is 6.35. The number of hydrogen-bond donors (Lipinski definition) is 1. The van der Waals surface area contributed by atoms with E-state index >= 15 is 0 Å². The molecule has 1 aromatic carbocycles. The van der Waals surface area contributed by atoms with E-state index in [1.165, 1.54) is 18.0 Å². The van der Waals surface area contributed by atoms with Crippen LogP contribution >= 0.6 is 0 Å². The number of nitrogens with one attached hydrogen (secondary N) is 1. The van der Waals surface area contributed by atoms with Crippen LogP contribution in [-0.2, 0) is 26.9 Å². The van der Waals surface area contributed by atoms with Crippen molar-refractivity contribution in [1.82, 2.24) is 20.0 Å². The number of aromatic nitrogens is 2. The second-order valence-electron chi connectivity index (χ2n) is 7.71. The normalized spacial score (nSPS) is 17.0. The van der Waals surface area contributed by atoms with E-state index < -0.39 is 16.8 Å². The highest BCUT2D eigenvalue weighted by Gasteiger charge is 2.27. The summed E-state index contributed by atoms with van der Waals surface area (Å²) in [6.45, 7) is 2.93. The molecule has 172 valence electrons. The summed E-state index contributed by atoms with van der Waals surface area (Å²) in [7, 11) is -0.224. The standard InChI is InChI=1S/C22H28N4O5S/c1-15-19(22(29)31-2)21(32(3)30)26(24-15)13-11-18(27)23-17-10-7-12-25(14-17)20(28)16-8-5-4-6-9-16/h4-6,8-9,17H,7,10-14H2,1-3H3,(H,23,27)/t17-,32?/m0/s1. The first-order valence-electron chi connectivity index (χ1n) is 10.4. The van der Waals surface area contributed by atoms with Crippen LogP contribution in [0, 0.1) is 6.92 Å². The summed E-state index contributed by atoms with van der Waals surface area (Å²) in [4.78, 5) is 39.1. The van der Waals surface area contributed by atoms with E-state index in [4.69, 9.17) is 4.74 Å². The fourth-order valence-corrected chi connectivity index (χ4v) is 4.84. The van der Waals surface area contributed by atoms with Gasteiger partial charge in [-0.2, -0.15) is 5.10 Å². The van der Waals surface area contributed by atoms with Crippen molar-refractivity contribution < 1.29 is 23.3 Å². The van der Waals surface area contributed by atoms with Gasteiger partial charge in [0, 0.05) is 37.4 Å². The molecule has 1 aliphatic heterocycles. The van der Waals surface area contributed by atoms with Crippen LogP contribution in [0.2, 0.25) is 0 Å². The van der Waals surface area contributed by atoms with Crippen LogP contribution in [0.5, 0.6) is 0 Å². The maximum absolute atomic E-state index is 12.7. The van der Waals surface area contributed by atoms with Crippen LogP contribution in [0.3, 0.4) is 0 Å². The summed E-state index contributed by atoms with van der Waals surface area (Å²) in [5.41, 5.74) is 1.22. The molecule has 10 heteroatoms. The third-order valence-electron chi connectivity index (χ3n) is 5.39. The molecule has 9 nitrogen and oxygen atoms in total. The molecule has 1 aromatic heterocycles. The fourth-order valence-electron chi connectivity index (χ4n) is 3.89. The quantitative estimate of drug-likeness (QED) is 0.628. The van der Waals surface area contributed by atoms with Gasteiger partial charge in [-0.3, -0.25) is 18.5 Å². The highest BCUT2D eigenvalue weighted by molar-refractivity contribution is 7.84. The van der Waals surface area contributed by atoms with Crippen LogP contribution in [0.1, 0.15) is 45.7 Å². The Kier molecular flexibility index (Phi) is 7.79. The minimum atomic E-state index is -1.48. The maximum atomic E-state index is 12.7. The van der Waals surface area contributed by atoms with Gasteiger partial charge < -0.3 is 15.0 Å². The number of amides is 2. The lowest BCUT2D eigenvalue weighted by Crippen LogP contribution is -2.49. The van der Waals surface area contributed by atoms with Gasteiger partial charge in [0.25, 0.3) is 5.91 Å². The molecule has 2 aromatic rings. The molecule has 0 spiro atoms. The molecule has 1 N–H and O–H groups in total. The molecule has 0 bridgehead atoms. The minimum Gasteiger partial charge on any atom is -0.465 e. The maximum Gasteiger partial charge on any atom is 0.342 e. The van der Waals surface area contributed by atoms with Gasteiger partial charge in [-0.15, -0.1) is 0 Å². The molecular formula is C22H28N4O5S. The van der Waals surface area contributed by atoms with Gasteiger partial charge in [0.05, 0.1) is 30.1 Å². The Morgan fingerprint density at radius 1 is 1.25 bits per heavy atom. The molecule has 0 radical (unpaired) electrons. The molecule has 3 rings (SSSR count). The molecule has 2 atom stereocenters. The number of esters is 1. The number of likely N-dealkylation sites (tertiary alicyclic amines) is 1. The lowest BCUT2D eigenvalue weighted by molar-refractivity contribution is -0.122. The number of rotatable bonds is 7. The Bertz CT molecular complexity index is 1020. The van der Waals surface area contributed by atoms with E-state index in [9.17, 15) is 18.6 Å². The van der Waals surface area contributed by atoms with Crippen LogP contribution in [0.4, 0.5) is 0 Å². The first-order valence-corrected chi connectivity index (χ1v) is 12.0. The number of aryl methyl sites for hydroxylation is 2. The van der Waals surface area contributed by atoms with Crippen molar-refractivity contribution >= 4 is 28.6 Å². The van der Waals surface area contributed by atoms with Crippen molar-refractivity contribution in [3.05, 3.63) is 47.2 Å². The van der Waals surface area contributed by atoms with E-state index in [0.29, 0.717) is 24.3 Å². The predicted octanol–water partition coefficient (Wildman–Crippen LogP) is 1.53. The highest BCUT2D eigenvalue weighted by Crippen LogP contribution is 2.19. The monoisotopic (exact) mass is 460 g/mol. The van der Waals surface area contributed by atoms with Crippen LogP contribution in [0.25, 0.3) is 0 Å². The average Bonchev–Trinajstić information content (AvgIpc) is 3.13. The SMILES string of the molecule is COC(=O)c1c(C)nn(CCC(=O)N[C@H]2CCCN(C(=O)c3ccccc3)C2)c1S(C)=O. The van der Waals surface area contributed by atoms with Gasteiger partial charge in [-0.1, -0.05) is 18.2 Å². The molecule has 32 heavy (non-hydrogen) atoms. The molecular weight excluding hydrogens is 432 g/mol. The smallest absolute Gasteiger partial charge is 0.342 e. The fraction of sp³-hybridized carbons (Fsp3) is 0.455. The Morgan fingerprint density at radius 3 is 2.62 bits per heavy atom. The van der Waals surface area contributed by atoms with Crippen molar-refractivity contribution in [1.29, 1.82) is 0 Å². The summed E-state index contributed by atoms with van der Waals surface area (Å²) in [6, 6.07) is 8.97. The van der Waals surface area contributed by atoms with Gasteiger partial charge in [0.2, 0.25) is 5.91 Å². The Balaban J connectivity index is 1.60. The Hall–Kier alpha value is -3.01. The van der Waals surface area contributed by atoms with Gasteiger partial charge in [0.15, 0.2) is 0 Å². The topological polar surface area (TPSA) is 111 Å². The van der Waals surface area contributed by atoms with Crippen molar-refractivity contribution in [3.63, 3.8) is 0 Å². The second-order valence-corrected chi connectivity index (χ2v) is 9.00. The van der Waals surface area contributed by atoms with Crippen LogP contribution in [-0.4, -0.2) is 69.2 Å². The largest absolute Gasteiger partial charge is 0.465 e. The number of piperidine rings is 1. The zero-order chi connectivity index (χ0) is 23.3. The second kappa shape index (κ2) is 10.5. The van der Waals surface area contributed by atoms with Crippen molar-refractivity contribution in [2.24, 2.45) is 0 Å². The predicted molar refractivity (Wildman–Crippen MR) is 119 cm³/mol. The number of carbonyl (C=O) groups excluding carboxylic acids is 3. The third kappa shape index (κ3) is 5.42. The number of methoxy groups -OCH3 is 1. The summed E-state index contributed by atoms with van der Waals surface area (Å²) in [5.74, 6) is -0.833. The van der Waals surface area contributed by atoms with E-state index in [0.717, 1.165) is 12.8 Å². The summed E-state index contributed by atoms with van der Waals surface area (Å²) < 4.78 is 18.4. The van der Waals surface area contributed by atoms with E-state index in [-0.39, 0.29) is 41.4 Å². The van der Waals surface area contributed by atoms with E-state index in [1.54, 1.807) is 24.0 Å². The highest BCUT2D eigenvalue weighted by atomic mass is 32.2. The van der Waals surface area contributed by atoms with Gasteiger partial charge in [-0.05, 0) is 31.9 Å². The number of benzene rings is 1. The van der Waals surface area contributed by atoms with Crippen LogP contribution in [0.15, 0.2) is 35.4 Å². The lowest BCUT2D eigenvalue weighted by atomic mass is 10.0. The minimum absolute atomic E-state index is 0.0398. The molecule has 2 amide bonds. The van der Waals surface area contributed by atoms with E-state index in [1.807, 2.05) is 18.2 Å². The zero-order valence-electron chi connectivity index (χ0n) is 18.5. The van der Waals surface area contributed by atoms with Crippen molar-refractivity contribution in [2.45, 2.75) is 43.8 Å². The van der Waals surface area contributed by atoms with E-state index in [2.05, 4.69) is 10.4 Å². The van der Waals surface area contributed by atoms with Crippen molar-refractivity contribution in [2.75, 3.05) is 26.5 Å². The molecule has 2 heterocycles. The summed E-state index contributed by atoms with van der Waals surface area (Å²) >= 11 is 0. The average molecular weight is 461 g/mol. The van der Waals surface area contributed by atoms with Gasteiger partial charge in [0.1, 0.15) is 10.6 Å². The molecule has 1 aliphatic rings. The van der Waals surface area contributed by atoms with Gasteiger partial charge >= 0.3 is 5.97 Å². The summed E-state index contributed by atoms with van der Waals surface area (Å²) in [6.07, 6.45) is 3.17. The number of carbonyl (C=O) groups is 3. The molecule has 1 fully saturated rings. The lowest BCUT2D eigenvalue weighted by Gasteiger charge is -2.33. The first kappa shape index (κ1) is 23.6. The number of hydrogen-bond acceptors (Lipinski definition) is 6. The Morgan fingerprint density at radius 2 is 1.97 bits per heavy atom. The molecule has 0 aliphatic carbocycles. The molecule has 1 saturated heterocycles. The first-order chi connectivity index (χ1) is 15.3. The zero-order valence-corrected chi connectivity index (χ0v) is 19.3. The number of nitrogens with zero attached hydrogens (tertiary/aromatic N) is 3. The number of ether oxygens (including phenoxy) is 1. The molecule has 0 saturated carbocycles. The summed E-state index contributed by atoms with van der Waals surface area (Å²) in [5, 5.41) is 7.52. The Labute approximate surface area is 189 Å². The molecule has 1 unspecified atom stereocenters. The van der Waals surface area contributed by atoms with Gasteiger partial charge in [-0.25, -0.2) is 4.79 Å². The van der Waals surface area contributed by atoms with Crippen LogP contribution < -0.4 is 5.32 Å². The van der Waals surface area contributed by atoms with Crippen molar-refractivity contribution in [3.8, 4) is 0 Å².